The van der Waals surface area contributed by atoms with Crippen molar-refractivity contribution in [3.8, 4) is 11.5 Å². The predicted octanol–water partition coefficient (Wildman–Crippen LogP) is 7.30. The molecule has 1 aliphatic heterocycles. The molecule has 3 aromatic carbocycles. The number of carbonyl (C=O) groups excluding carboxylic acids is 1. The smallest absolute Gasteiger partial charge is 0.200 e. The first-order valence-electron chi connectivity index (χ1n) is 9.42. The van der Waals surface area contributed by atoms with Gasteiger partial charge in [-0.3, -0.25) is 4.79 Å². The molecule has 4 rings (SSSR count). The summed E-state index contributed by atoms with van der Waals surface area (Å²) >= 11 is 13.7. The number of ketones is 1. The summed E-state index contributed by atoms with van der Waals surface area (Å²) in [6.07, 6.45) is 1.88. The lowest BCUT2D eigenvalue weighted by Gasteiger charge is -2.13. The van der Waals surface area contributed by atoms with E-state index in [9.17, 15) is 4.79 Å². The largest absolute Gasteiger partial charge is 0.490 e. The number of rotatable bonds is 6. The standard InChI is InChI=1S/C24H18Cl2O3S/c1-2-28-21-11-15(12-23-24(27)18-5-3-4-6-22(18)30-23)7-10-20(21)29-14-16-8-9-17(25)13-19(16)26/h3-13H,2,14H2,1H3. The third-order valence-electron chi connectivity index (χ3n) is 4.54. The van der Waals surface area contributed by atoms with Gasteiger partial charge in [0.1, 0.15) is 6.61 Å². The molecule has 0 bridgehead atoms. The Balaban J connectivity index is 1.56. The maximum Gasteiger partial charge on any atom is 0.200 e. The molecule has 1 aliphatic rings. The summed E-state index contributed by atoms with van der Waals surface area (Å²) in [7, 11) is 0. The average molecular weight is 457 g/mol. The minimum Gasteiger partial charge on any atom is -0.490 e. The van der Waals surface area contributed by atoms with E-state index in [1.807, 2.05) is 61.5 Å². The maximum absolute atomic E-state index is 12.6. The second-order valence-corrected chi connectivity index (χ2v) is 8.53. The Morgan fingerprint density at radius 2 is 1.80 bits per heavy atom. The van der Waals surface area contributed by atoms with Crippen molar-refractivity contribution in [1.82, 2.24) is 0 Å². The minimum atomic E-state index is 0.0475. The first-order valence-corrected chi connectivity index (χ1v) is 11.0. The number of halogens is 2. The number of benzene rings is 3. The molecule has 30 heavy (non-hydrogen) atoms. The molecule has 0 saturated heterocycles. The van der Waals surface area contributed by atoms with Gasteiger partial charge in [0.25, 0.3) is 0 Å². The molecule has 6 heteroatoms. The fourth-order valence-electron chi connectivity index (χ4n) is 3.08. The van der Waals surface area contributed by atoms with Gasteiger partial charge in [-0.05, 0) is 55.0 Å². The third kappa shape index (κ3) is 4.51. The van der Waals surface area contributed by atoms with Crippen LogP contribution in [0.2, 0.25) is 10.0 Å². The van der Waals surface area contributed by atoms with Crippen LogP contribution in [-0.4, -0.2) is 12.4 Å². The van der Waals surface area contributed by atoms with Crippen molar-refractivity contribution in [2.75, 3.05) is 6.61 Å². The van der Waals surface area contributed by atoms with Crippen LogP contribution in [0.5, 0.6) is 11.5 Å². The van der Waals surface area contributed by atoms with Gasteiger partial charge >= 0.3 is 0 Å². The Bertz CT molecular complexity index is 1140. The van der Waals surface area contributed by atoms with Crippen LogP contribution in [0, 0.1) is 0 Å². The minimum absolute atomic E-state index is 0.0475. The van der Waals surface area contributed by atoms with Crippen molar-refractivity contribution in [1.29, 1.82) is 0 Å². The predicted molar refractivity (Wildman–Crippen MR) is 123 cm³/mol. The van der Waals surface area contributed by atoms with Gasteiger partial charge in [0.05, 0.1) is 11.5 Å². The Morgan fingerprint density at radius 1 is 0.967 bits per heavy atom. The van der Waals surface area contributed by atoms with E-state index in [0.29, 0.717) is 39.7 Å². The molecule has 3 nitrogen and oxygen atoms in total. The van der Waals surface area contributed by atoms with Gasteiger partial charge in [-0.1, -0.05) is 59.2 Å². The van der Waals surface area contributed by atoms with Gasteiger partial charge in [-0.2, -0.15) is 0 Å². The summed E-state index contributed by atoms with van der Waals surface area (Å²) in [6, 6.07) is 18.6. The number of carbonyl (C=O) groups is 1. The number of hydrogen-bond acceptors (Lipinski definition) is 4. The van der Waals surface area contributed by atoms with E-state index in [1.165, 1.54) is 11.8 Å². The van der Waals surface area contributed by atoms with Gasteiger partial charge < -0.3 is 9.47 Å². The fourth-order valence-corrected chi connectivity index (χ4v) is 4.60. The van der Waals surface area contributed by atoms with Gasteiger partial charge in [0.15, 0.2) is 11.5 Å². The summed E-state index contributed by atoms with van der Waals surface area (Å²) in [5.74, 6) is 1.27. The number of ether oxygens (including phenoxy) is 2. The van der Waals surface area contributed by atoms with Crippen LogP contribution in [-0.2, 0) is 6.61 Å². The molecule has 152 valence electrons. The molecule has 0 spiro atoms. The lowest BCUT2D eigenvalue weighted by Crippen LogP contribution is -2.00. The van der Waals surface area contributed by atoms with E-state index in [1.54, 1.807) is 12.1 Å². The van der Waals surface area contributed by atoms with Crippen molar-refractivity contribution in [3.05, 3.63) is 92.3 Å². The van der Waals surface area contributed by atoms with Gasteiger partial charge in [0.2, 0.25) is 5.78 Å². The van der Waals surface area contributed by atoms with E-state index < -0.39 is 0 Å². The van der Waals surface area contributed by atoms with Crippen LogP contribution in [0.1, 0.15) is 28.4 Å². The molecule has 0 aliphatic carbocycles. The molecule has 0 amide bonds. The zero-order chi connectivity index (χ0) is 21.1. The van der Waals surface area contributed by atoms with Gasteiger partial charge in [-0.15, -0.1) is 0 Å². The summed E-state index contributed by atoms with van der Waals surface area (Å²) in [4.78, 5) is 14.3. The van der Waals surface area contributed by atoms with Crippen molar-refractivity contribution in [2.45, 2.75) is 18.4 Å². The lowest BCUT2D eigenvalue weighted by molar-refractivity contribution is 0.104. The molecule has 0 unspecified atom stereocenters. The molecule has 0 aromatic heterocycles. The van der Waals surface area contributed by atoms with E-state index in [0.717, 1.165) is 21.6 Å². The third-order valence-corrected chi connectivity index (χ3v) is 6.23. The van der Waals surface area contributed by atoms with Crippen LogP contribution >= 0.6 is 35.0 Å². The van der Waals surface area contributed by atoms with Crippen LogP contribution in [0.3, 0.4) is 0 Å². The molecule has 0 atom stereocenters. The Labute approximate surface area is 189 Å². The second kappa shape index (κ2) is 9.17. The van der Waals surface area contributed by atoms with E-state index in [4.69, 9.17) is 32.7 Å². The van der Waals surface area contributed by atoms with Crippen LogP contribution < -0.4 is 9.47 Å². The normalized spacial score (nSPS) is 14.1. The second-order valence-electron chi connectivity index (χ2n) is 6.60. The quantitative estimate of drug-likeness (QED) is 0.364. The highest BCUT2D eigenvalue weighted by molar-refractivity contribution is 8.04. The Morgan fingerprint density at radius 3 is 2.57 bits per heavy atom. The zero-order valence-corrected chi connectivity index (χ0v) is 18.5. The Hall–Kier alpha value is -2.40. The SMILES string of the molecule is CCOc1cc(C=C2Sc3ccccc3C2=O)ccc1OCc1ccc(Cl)cc1Cl. The molecule has 0 fully saturated rings. The molecular weight excluding hydrogens is 439 g/mol. The highest BCUT2D eigenvalue weighted by Crippen LogP contribution is 2.41. The molecule has 1 heterocycles. The molecule has 0 radical (unpaired) electrons. The lowest BCUT2D eigenvalue weighted by atomic mass is 10.1. The first-order chi connectivity index (χ1) is 14.5. The van der Waals surface area contributed by atoms with Crippen LogP contribution in [0.15, 0.2) is 70.5 Å². The van der Waals surface area contributed by atoms with Crippen LogP contribution in [0.25, 0.3) is 6.08 Å². The maximum atomic E-state index is 12.6. The zero-order valence-electron chi connectivity index (χ0n) is 16.2. The summed E-state index contributed by atoms with van der Waals surface area (Å²) in [5.41, 5.74) is 2.46. The number of allylic oxidation sites excluding steroid dienone is 1. The number of thioether (sulfide) groups is 1. The number of Topliss-reactive ketones (excluding diaryl/α,β-unsaturated/α-hetero) is 1. The fraction of sp³-hybridized carbons (Fsp3) is 0.125. The molecule has 0 N–H and O–H groups in total. The van der Waals surface area contributed by atoms with Gasteiger partial charge in [-0.25, -0.2) is 0 Å². The first kappa shape index (κ1) is 20.9. The van der Waals surface area contributed by atoms with Gasteiger partial charge in [0, 0.05) is 26.1 Å². The number of fused-ring (bicyclic) bond motifs is 1. The monoisotopic (exact) mass is 456 g/mol. The van der Waals surface area contributed by atoms with Crippen molar-refractivity contribution >= 4 is 46.8 Å². The van der Waals surface area contributed by atoms with E-state index >= 15 is 0 Å². The van der Waals surface area contributed by atoms with E-state index in [2.05, 4.69) is 0 Å². The topological polar surface area (TPSA) is 35.5 Å². The van der Waals surface area contributed by atoms with Crippen molar-refractivity contribution in [2.24, 2.45) is 0 Å². The van der Waals surface area contributed by atoms with Crippen molar-refractivity contribution < 1.29 is 14.3 Å². The average Bonchev–Trinajstić information content (AvgIpc) is 3.04. The van der Waals surface area contributed by atoms with Crippen LogP contribution in [0.4, 0.5) is 0 Å². The summed E-state index contributed by atoms with van der Waals surface area (Å²) < 4.78 is 11.7. The summed E-state index contributed by atoms with van der Waals surface area (Å²) in [6.45, 7) is 2.70. The number of hydrogen-bond donors (Lipinski definition) is 0. The van der Waals surface area contributed by atoms with Crippen molar-refractivity contribution in [3.63, 3.8) is 0 Å². The Kier molecular flexibility index (Phi) is 6.38. The molecule has 3 aromatic rings. The highest BCUT2D eigenvalue weighted by atomic mass is 35.5. The molecular formula is C24H18Cl2O3S. The van der Waals surface area contributed by atoms with E-state index in [-0.39, 0.29) is 5.78 Å². The highest BCUT2D eigenvalue weighted by Gasteiger charge is 2.25. The summed E-state index contributed by atoms with van der Waals surface area (Å²) in [5, 5.41) is 1.13. The molecule has 0 saturated carbocycles.